The summed E-state index contributed by atoms with van der Waals surface area (Å²) in [6.45, 7) is 4.41. The van der Waals surface area contributed by atoms with Gasteiger partial charge in [-0.25, -0.2) is 0 Å². The first kappa shape index (κ1) is 26.6. The van der Waals surface area contributed by atoms with Gasteiger partial charge >= 0.3 is 0 Å². The molecule has 2 atom stereocenters. The van der Waals surface area contributed by atoms with Crippen LogP contribution in [-0.2, 0) is 0 Å². The number of anilines is 2. The van der Waals surface area contributed by atoms with Gasteiger partial charge < -0.3 is 20.9 Å². The lowest BCUT2D eigenvalue weighted by molar-refractivity contribution is 0.482. The molecule has 0 saturated carbocycles. The highest BCUT2D eigenvalue weighted by atomic mass is 16.5. The zero-order valence-corrected chi connectivity index (χ0v) is 22.8. The molecule has 0 amide bonds. The van der Waals surface area contributed by atoms with E-state index in [4.69, 9.17) is 20.9 Å². The molecule has 0 aliphatic rings. The standard InChI is InChI=1S/C36H34N2O2/c1-25(29-7-15-33(16-8-29)39-35-19-11-31(37)12-20-35)23-27-3-5-28(6-4-27)24-26(2)30-9-17-34(18-10-30)40-36-21-13-32(38)14-22-36/h3-26H,37-38H2,1-2H3. The average molecular weight is 527 g/mol. The molecule has 5 aromatic carbocycles. The second kappa shape index (κ2) is 12.3. The molecule has 0 aliphatic heterocycles. The number of rotatable bonds is 8. The van der Waals surface area contributed by atoms with E-state index in [-0.39, 0.29) is 11.8 Å². The number of nitrogen functional groups attached to an aromatic ring is 2. The maximum atomic E-state index is 5.92. The van der Waals surface area contributed by atoms with E-state index in [9.17, 15) is 0 Å². The Morgan fingerprint density at radius 1 is 0.425 bits per heavy atom. The Bertz CT molecular complexity index is 1510. The lowest BCUT2D eigenvalue weighted by Gasteiger charge is -2.10. The van der Waals surface area contributed by atoms with E-state index in [1.807, 2.05) is 72.8 Å². The lowest BCUT2D eigenvalue weighted by atomic mass is 9.98. The van der Waals surface area contributed by atoms with E-state index in [1.165, 1.54) is 21.6 Å². The maximum absolute atomic E-state index is 5.92. The quantitative estimate of drug-likeness (QED) is 0.204. The first-order valence-electron chi connectivity index (χ1n) is 13.5. The Kier molecular flexibility index (Phi) is 8.17. The maximum Gasteiger partial charge on any atom is 0.127 e. The molecule has 0 radical (unpaired) electrons. The number of hydrogen-bond donors (Lipinski definition) is 2. The summed E-state index contributed by atoms with van der Waals surface area (Å²) in [5.74, 6) is 3.69. The Balaban J connectivity index is 1.21. The van der Waals surface area contributed by atoms with E-state index >= 15 is 0 Å². The van der Waals surface area contributed by atoms with Gasteiger partial charge in [0.05, 0.1) is 0 Å². The molecule has 4 nitrogen and oxygen atoms in total. The topological polar surface area (TPSA) is 70.5 Å². The van der Waals surface area contributed by atoms with Crippen LogP contribution in [0.3, 0.4) is 0 Å². The van der Waals surface area contributed by atoms with Crippen LogP contribution in [0.2, 0.25) is 0 Å². The van der Waals surface area contributed by atoms with Gasteiger partial charge in [-0.05, 0) is 106 Å². The Morgan fingerprint density at radius 2 is 0.700 bits per heavy atom. The predicted molar refractivity (Wildman–Crippen MR) is 166 cm³/mol. The third-order valence-electron chi connectivity index (χ3n) is 6.86. The first-order valence-corrected chi connectivity index (χ1v) is 13.5. The minimum Gasteiger partial charge on any atom is -0.457 e. The molecule has 200 valence electrons. The highest BCUT2D eigenvalue weighted by Gasteiger charge is 2.05. The molecular formula is C36H34N2O2. The lowest BCUT2D eigenvalue weighted by Crippen LogP contribution is -2.09. The van der Waals surface area contributed by atoms with Crippen molar-refractivity contribution in [2.75, 3.05) is 11.5 Å². The zero-order valence-electron chi connectivity index (χ0n) is 22.8. The molecule has 5 rings (SSSR count). The summed E-state index contributed by atoms with van der Waals surface area (Å²) in [7, 11) is 0. The Hall–Kier alpha value is -4.96. The van der Waals surface area contributed by atoms with E-state index in [0.717, 1.165) is 34.4 Å². The molecule has 0 saturated heterocycles. The van der Waals surface area contributed by atoms with Crippen LogP contribution in [0.15, 0.2) is 121 Å². The molecule has 0 aromatic heterocycles. The van der Waals surface area contributed by atoms with E-state index < -0.39 is 0 Å². The van der Waals surface area contributed by atoms with Crippen LogP contribution in [0.1, 0.15) is 36.8 Å². The van der Waals surface area contributed by atoms with Crippen molar-refractivity contribution < 1.29 is 9.47 Å². The highest BCUT2D eigenvalue weighted by molar-refractivity contribution is 5.47. The molecule has 0 bridgehead atoms. The predicted octanol–water partition coefficient (Wildman–Crippen LogP) is 7.60. The summed E-state index contributed by atoms with van der Waals surface area (Å²) < 4.78 is 11.8. The van der Waals surface area contributed by atoms with Gasteiger partial charge in [0.25, 0.3) is 0 Å². The SMILES string of the molecule is CC(C=c1ccc(=CC(C)c2ccc(Oc3ccc(N)cc3)cc2)cc1)c1ccc(Oc2ccc(N)cc2)cc1. The Labute approximate surface area is 235 Å². The van der Waals surface area contributed by atoms with Crippen molar-refractivity contribution >= 4 is 23.5 Å². The molecular weight excluding hydrogens is 492 g/mol. The van der Waals surface area contributed by atoms with Crippen LogP contribution in [0.25, 0.3) is 12.2 Å². The van der Waals surface area contributed by atoms with E-state index in [0.29, 0.717) is 0 Å². The van der Waals surface area contributed by atoms with Crippen molar-refractivity contribution in [2.45, 2.75) is 25.7 Å². The third kappa shape index (κ3) is 7.12. The second-order valence-electron chi connectivity index (χ2n) is 10.1. The van der Waals surface area contributed by atoms with Crippen LogP contribution in [0, 0.1) is 0 Å². The van der Waals surface area contributed by atoms with Gasteiger partial charge in [-0.3, -0.25) is 0 Å². The van der Waals surface area contributed by atoms with Gasteiger partial charge in [-0.15, -0.1) is 0 Å². The second-order valence-corrected chi connectivity index (χ2v) is 10.1. The molecule has 40 heavy (non-hydrogen) atoms. The fourth-order valence-corrected chi connectivity index (χ4v) is 4.51. The molecule has 2 unspecified atom stereocenters. The largest absolute Gasteiger partial charge is 0.457 e. The van der Waals surface area contributed by atoms with Gasteiger partial charge in [0.2, 0.25) is 0 Å². The van der Waals surface area contributed by atoms with Crippen molar-refractivity contribution in [1.82, 2.24) is 0 Å². The molecule has 0 spiro atoms. The van der Waals surface area contributed by atoms with Crippen molar-refractivity contribution in [2.24, 2.45) is 0 Å². The highest BCUT2D eigenvalue weighted by Crippen LogP contribution is 2.26. The summed E-state index contributed by atoms with van der Waals surface area (Å²) in [5.41, 5.74) is 15.4. The summed E-state index contributed by atoms with van der Waals surface area (Å²) in [4.78, 5) is 0. The molecule has 4 N–H and O–H groups in total. The zero-order chi connectivity index (χ0) is 27.9. The molecule has 0 aliphatic carbocycles. The molecule has 0 fully saturated rings. The van der Waals surface area contributed by atoms with Crippen molar-refractivity contribution in [3.05, 3.63) is 143 Å². The third-order valence-corrected chi connectivity index (χ3v) is 6.86. The monoisotopic (exact) mass is 526 g/mol. The van der Waals surface area contributed by atoms with Gasteiger partial charge in [0.15, 0.2) is 0 Å². The van der Waals surface area contributed by atoms with E-state index in [1.54, 1.807) is 0 Å². The number of nitrogens with two attached hydrogens (primary N) is 2. The number of ether oxygens (including phenoxy) is 2. The number of benzene rings is 5. The molecule has 5 aromatic rings. The van der Waals surface area contributed by atoms with Crippen molar-refractivity contribution in [3.63, 3.8) is 0 Å². The van der Waals surface area contributed by atoms with E-state index in [2.05, 4.69) is 74.5 Å². The summed E-state index contributed by atoms with van der Waals surface area (Å²) >= 11 is 0. The first-order chi connectivity index (χ1) is 19.4. The number of hydrogen-bond acceptors (Lipinski definition) is 4. The average Bonchev–Trinajstić information content (AvgIpc) is 2.97. The summed E-state index contributed by atoms with van der Waals surface area (Å²) in [6.07, 6.45) is 4.56. The molecule has 4 heteroatoms. The van der Waals surface area contributed by atoms with Crippen LogP contribution >= 0.6 is 0 Å². The smallest absolute Gasteiger partial charge is 0.127 e. The minimum atomic E-state index is 0.272. The normalized spacial score (nSPS) is 12.2. The Morgan fingerprint density at radius 3 is 1.00 bits per heavy atom. The van der Waals surface area contributed by atoms with Gasteiger partial charge in [-0.2, -0.15) is 0 Å². The molecule has 0 heterocycles. The van der Waals surface area contributed by atoms with Crippen LogP contribution in [0.5, 0.6) is 23.0 Å². The van der Waals surface area contributed by atoms with Crippen molar-refractivity contribution in [3.8, 4) is 23.0 Å². The fourth-order valence-electron chi connectivity index (χ4n) is 4.51. The summed E-state index contributed by atoms with van der Waals surface area (Å²) in [5, 5.41) is 2.40. The summed E-state index contributed by atoms with van der Waals surface area (Å²) in [6, 6.07) is 40.0. The minimum absolute atomic E-state index is 0.272. The van der Waals surface area contributed by atoms with Crippen LogP contribution < -0.4 is 31.4 Å². The van der Waals surface area contributed by atoms with Crippen LogP contribution in [0.4, 0.5) is 11.4 Å². The van der Waals surface area contributed by atoms with Gasteiger partial charge in [0.1, 0.15) is 23.0 Å². The van der Waals surface area contributed by atoms with Gasteiger partial charge in [-0.1, -0.05) is 74.5 Å². The fraction of sp³-hybridized carbons (Fsp3) is 0.111. The van der Waals surface area contributed by atoms with Crippen molar-refractivity contribution in [1.29, 1.82) is 0 Å². The van der Waals surface area contributed by atoms with Crippen LogP contribution in [-0.4, -0.2) is 0 Å². The van der Waals surface area contributed by atoms with Gasteiger partial charge in [0, 0.05) is 11.4 Å².